The molecule has 0 aliphatic carbocycles. The van der Waals surface area contributed by atoms with Crippen molar-refractivity contribution in [2.45, 2.75) is 32.9 Å². The van der Waals surface area contributed by atoms with Gasteiger partial charge in [0.1, 0.15) is 0 Å². The van der Waals surface area contributed by atoms with E-state index >= 15 is 0 Å². The number of aliphatic hydroxyl groups excluding tert-OH is 1. The molecule has 8 heteroatoms. The van der Waals surface area contributed by atoms with Crippen LogP contribution in [0.25, 0.3) is 0 Å². The third-order valence-corrected chi connectivity index (χ3v) is 4.08. The Bertz CT molecular complexity index is 692. The fraction of sp³-hybridized carbons (Fsp3) is 0.467. The maximum atomic E-state index is 12.5. The smallest absolute Gasteiger partial charge is 0.322 e. The summed E-state index contributed by atoms with van der Waals surface area (Å²) in [7, 11) is 0. The number of aromatic nitrogens is 4. The first-order valence-corrected chi connectivity index (χ1v) is 7.50. The zero-order valence-electron chi connectivity index (χ0n) is 13.4. The predicted molar refractivity (Wildman–Crippen MR) is 84.1 cm³/mol. The van der Waals surface area contributed by atoms with Crippen molar-refractivity contribution in [3.63, 3.8) is 0 Å². The van der Waals surface area contributed by atoms with E-state index in [1.807, 2.05) is 26.8 Å². The summed E-state index contributed by atoms with van der Waals surface area (Å²) >= 11 is 0. The van der Waals surface area contributed by atoms with Gasteiger partial charge in [0.25, 0.3) is 0 Å². The van der Waals surface area contributed by atoms with E-state index in [0.717, 1.165) is 22.6 Å². The summed E-state index contributed by atoms with van der Waals surface area (Å²) < 4.78 is 1.59. The molecular formula is C15H20N6O2. The average molecular weight is 316 g/mol. The fourth-order valence-electron chi connectivity index (χ4n) is 2.99. The molecule has 2 atom stereocenters. The molecule has 1 aliphatic heterocycles. The van der Waals surface area contributed by atoms with Crippen LogP contribution in [0.5, 0.6) is 0 Å². The number of pyridine rings is 1. The number of amides is 2. The summed E-state index contributed by atoms with van der Waals surface area (Å²) in [5.41, 5.74) is 3.39. The third-order valence-electron chi connectivity index (χ3n) is 4.08. The standard InChI is InChI=1S/C15H20N6O2/c1-9-6-10(2)17-11(3)14(9)18-15(23)20-7-12(13(22)8-20)21-5-4-16-19-21/h4-6,12-13,22H,7-8H2,1-3H3,(H,18,23)/t12-,13-/m1/s1. The summed E-state index contributed by atoms with van der Waals surface area (Å²) in [5, 5.41) is 20.7. The Balaban J connectivity index is 1.73. The van der Waals surface area contributed by atoms with E-state index in [9.17, 15) is 9.90 Å². The quantitative estimate of drug-likeness (QED) is 0.863. The Hall–Kier alpha value is -2.48. The van der Waals surface area contributed by atoms with Crippen molar-refractivity contribution in [3.8, 4) is 0 Å². The van der Waals surface area contributed by atoms with E-state index in [1.54, 1.807) is 22.0 Å². The van der Waals surface area contributed by atoms with Crippen LogP contribution in [0.4, 0.5) is 10.5 Å². The van der Waals surface area contributed by atoms with E-state index in [-0.39, 0.29) is 18.6 Å². The first-order valence-electron chi connectivity index (χ1n) is 7.50. The lowest BCUT2D eigenvalue weighted by Gasteiger charge is -2.19. The number of nitrogens with one attached hydrogen (secondary N) is 1. The highest BCUT2D eigenvalue weighted by Gasteiger charge is 2.36. The molecule has 3 heterocycles. The monoisotopic (exact) mass is 316 g/mol. The van der Waals surface area contributed by atoms with Crippen LogP contribution in [0.1, 0.15) is 23.0 Å². The Morgan fingerprint density at radius 2 is 2.13 bits per heavy atom. The zero-order chi connectivity index (χ0) is 16.6. The Morgan fingerprint density at radius 3 is 2.78 bits per heavy atom. The molecule has 1 fully saturated rings. The molecule has 2 amide bonds. The van der Waals surface area contributed by atoms with Gasteiger partial charge in [-0.15, -0.1) is 5.10 Å². The van der Waals surface area contributed by atoms with Gasteiger partial charge in [0.2, 0.25) is 0 Å². The van der Waals surface area contributed by atoms with Crippen molar-refractivity contribution in [1.82, 2.24) is 24.9 Å². The summed E-state index contributed by atoms with van der Waals surface area (Å²) in [6, 6.07) is 1.41. The van der Waals surface area contributed by atoms with E-state index < -0.39 is 6.10 Å². The molecule has 0 saturated carbocycles. The minimum atomic E-state index is -0.666. The summed E-state index contributed by atoms with van der Waals surface area (Å²) in [6.45, 7) is 6.37. The lowest BCUT2D eigenvalue weighted by atomic mass is 10.1. The lowest BCUT2D eigenvalue weighted by molar-refractivity contribution is 0.139. The van der Waals surface area contributed by atoms with Gasteiger partial charge < -0.3 is 15.3 Å². The largest absolute Gasteiger partial charge is 0.389 e. The first-order chi connectivity index (χ1) is 11.0. The van der Waals surface area contributed by atoms with E-state index in [0.29, 0.717) is 6.54 Å². The van der Waals surface area contributed by atoms with Crippen LogP contribution in [-0.2, 0) is 0 Å². The number of carbonyl (C=O) groups is 1. The van der Waals surface area contributed by atoms with Crippen molar-refractivity contribution in [2.75, 3.05) is 18.4 Å². The molecular weight excluding hydrogens is 296 g/mol. The van der Waals surface area contributed by atoms with Crippen LogP contribution in [0, 0.1) is 20.8 Å². The van der Waals surface area contributed by atoms with Crippen LogP contribution in [0.3, 0.4) is 0 Å². The SMILES string of the molecule is Cc1cc(C)c(NC(=O)N2C[C@@H](O)[C@H](n3ccnn3)C2)c(C)n1. The molecule has 2 aromatic rings. The van der Waals surface area contributed by atoms with Crippen molar-refractivity contribution in [3.05, 3.63) is 35.4 Å². The number of aryl methyl sites for hydroxylation is 3. The Kier molecular flexibility index (Phi) is 3.99. The maximum Gasteiger partial charge on any atom is 0.322 e. The topological polar surface area (TPSA) is 96.2 Å². The average Bonchev–Trinajstić information content (AvgIpc) is 3.11. The van der Waals surface area contributed by atoms with Gasteiger partial charge in [-0.1, -0.05) is 5.21 Å². The number of nitrogens with zero attached hydrogens (tertiary/aromatic N) is 5. The van der Waals surface area contributed by atoms with Crippen LogP contribution in [0.2, 0.25) is 0 Å². The molecule has 122 valence electrons. The molecule has 0 bridgehead atoms. The van der Waals surface area contributed by atoms with Gasteiger partial charge in [0, 0.05) is 18.4 Å². The van der Waals surface area contributed by atoms with E-state index in [2.05, 4.69) is 20.6 Å². The number of hydrogen-bond donors (Lipinski definition) is 2. The molecule has 0 unspecified atom stereocenters. The second kappa shape index (κ2) is 5.96. The van der Waals surface area contributed by atoms with Gasteiger partial charge in [-0.25, -0.2) is 9.48 Å². The van der Waals surface area contributed by atoms with Crippen LogP contribution >= 0.6 is 0 Å². The molecule has 2 aromatic heterocycles. The number of urea groups is 1. The fourth-order valence-corrected chi connectivity index (χ4v) is 2.99. The lowest BCUT2D eigenvalue weighted by Crippen LogP contribution is -2.34. The minimum Gasteiger partial charge on any atom is -0.389 e. The highest BCUT2D eigenvalue weighted by atomic mass is 16.3. The van der Waals surface area contributed by atoms with Gasteiger partial charge in [-0.3, -0.25) is 4.98 Å². The Labute approximate surface area is 134 Å². The number of likely N-dealkylation sites (tertiary alicyclic amines) is 1. The molecule has 8 nitrogen and oxygen atoms in total. The molecule has 3 rings (SSSR count). The molecule has 0 spiro atoms. The van der Waals surface area contributed by atoms with Crippen LogP contribution < -0.4 is 5.32 Å². The summed E-state index contributed by atoms with van der Waals surface area (Å²) in [5.74, 6) is 0. The molecule has 1 saturated heterocycles. The number of anilines is 1. The number of aliphatic hydroxyl groups is 1. The van der Waals surface area contributed by atoms with Crippen molar-refractivity contribution in [2.24, 2.45) is 0 Å². The van der Waals surface area contributed by atoms with E-state index in [4.69, 9.17) is 0 Å². The Morgan fingerprint density at radius 1 is 1.35 bits per heavy atom. The van der Waals surface area contributed by atoms with E-state index in [1.165, 1.54) is 0 Å². The van der Waals surface area contributed by atoms with Gasteiger partial charge in [0.05, 0.1) is 36.3 Å². The van der Waals surface area contributed by atoms with Gasteiger partial charge in [0.15, 0.2) is 0 Å². The molecule has 1 aliphatic rings. The van der Waals surface area contributed by atoms with Gasteiger partial charge in [-0.05, 0) is 32.4 Å². The maximum absolute atomic E-state index is 12.5. The molecule has 0 radical (unpaired) electrons. The molecule has 23 heavy (non-hydrogen) atoms. The van der Waals surface area contributed by atoms with Gasteiger partial charge >= 0.3 is 6.03 Å². The first kappa shape index (κ1) is 15.4. The molecule has 0 aromatic carbocycles. The number of rotatable bonds is 2. The third kappa shape index (κ3) is 3.02. The minimum absolute atomic E-state index is 0.247. The second-order valence-electron chi connectivity index (χ2n) is 5.89. The van der Waals surface area contributed by atoms with Crippen LogP contribution in [0.15, 0.2) is 18.5 Å². The van der Waals surface area contributed by atoms with Crippen molar-refractivity contribution >= 4 is 11.7 Å². The van der Waals surface area contributed by atoms with Crippen molar-refractivity contribution < 1.29 is 9.90 Å². The summed E-state index contributed by atoms with van der Waals surface area (Å²) in [4.78, 5) is 18.5. The number of carbonyl (C=O) groups excluding carboxylic acids is 1. The predicted octanol–water partition coefficient (Wildman–Crippen LogP) is 1.05. The number of hydrogen-bond acceptors (Lipinski definition) is 5. The normalized spacial score (nSPS) is 20.8. The van der Waals surface area contributed by atoms with Gasteiger partial charge in [-0.2, -0.15) is 0 Å². The van der Waals surface area contributed by atoms with Crippen LogP contribution in [-0.4, -0.2) is 55.2 Å². The highest BCUT2D eigenvalue weighted by Crippen LogP contribution is 2.24. The zero-order valence-corrected chi connectivity index (χ0v) is 13.4. The summed E-state index contributed by atoms with van der Waals surface area (Å²) in [6.07, 6.45) is 2.58. The molecule has 2 N–H and O–H groups in total. The highest BCUT2D eigenvalue weighted by molar-refractivity contribution is 5.91. The van der Waals surface area contributed by atoms with Crippen molar-refractivity contribution in [1.29, 1.82) is 0 Å². The number of β-amino-alcohol motifs (C(OH)–C–C–N with tert-alkyl or cyclic N) is 1. The second-order valence-corrected chi connectivity index (χ2v) is 5.89.